The normalized spacial score (nSPS) is 16.1. The molecule has 4 heterocycles. The van der Waals surface area contributed by atoms with Crippen molar-refractivity contribution in [3.8, 4) is 11.5 Å². The van der Waals surface area contributed by atoms with Crippen LogP contribution in [-0.4, -0.2) is 51.2 Å². The Labute approximate surface area is 172 Å². The van der Waals surface area contributed by atoms with E-state index in [4.69, 9.17) is 9.47 Å². The second-order valence-electron chi connectivity index (χ2n) is 7.47. The summed E-state index contributed by atoms with van der Waals surface area (Å²) in [6.07, 6.45) is 4.64. The van der Waals surface area contributed by atoms with Gasteiger partial charge in [0.05, 0.1) is 5.69 Å². The Balaban J connectivity index is 1.23. The lowest BCUT2D eigenvalue weighted by Gasteiger charge is -2.31. The van der Waals surface area contributed by atoms with Crippen molar-refractivity contribution < 1.29 is 19.1 Å². The summed E-state index contributed by atoms with van der Waals surface area (Å²) in [6, 6.07) is 7.12. The molecule has 0 atom stereocenters. The number of carbonyl (C=O) groups is 2. The fourth-order valence-corrected chi connectivity index (χ4v) is 3.97. The van der Waals surface area contributed by atoms with Crippen molar-refractivity contribution in [1.29, 1.82) is 0 Å². The van der Waals surface area contributed by atoms with E-state index in [0.717, 1.165) is 0 Å². The maximum Gasteiger partial charge on any atom is 0.259 e. The summed E-state index contributed by atoms with van der Waals surface area (Å²) in [4.78, 5) is 31.9. The highest BCUT2D eigenvalue weighted by Gasteiger charge is 2.30. The number of benzene rings is 1. The first-order valence-corrected chi connectivity index (χ1v) is 9.90. The van der Waals surface area contributed by atoms with Crippen molar-refractivity contribution >= 4 is 23.1 Å². The lowest BCUT2D eigenvalue weighted by molar-refractivity contribution is -0.121. The van der Waals surface area contributed by atoms with Gasteiger partial charge in [-0.1, -0.05) is 0 Å². The predicted molar refractivity (Wildman–Crippen MR) is 108 cm³/mol. The standard InChI is InChI=1S/C21H21N5O4/c1-13-18(19-22-7-2-8-26(19)24-13)21(28)25-9-5-14(6-10-25)20(27)23-15-3-4-16-17(11-15)30-12-29-16/h2-4,7-8,11,14H,5-6,9-10,12H2,1H3,(H,23,27). The number of aryl methyl sites for hydroxylation is 1. The number of aromatic nitrogens is 3. The highest BCUT2D eigenvalue weighted by atomic mass is 16.7. The van der Waals surface area contributed by atoms with E-state index in [2.05, 4.69) is 15.4 Å². The lowest BCUT2D eigenvalue weighted by Crippen LogP contribution is -2.41. The highest BCUT2D eigenvalue weighted by molar-refractivity contribution is 6.01. The molecule has 5 rings (SSSR count). The minimum atomic E-state index is -0.150. The Morgan fingerprint density at radius 3 is 2.80 bits per heavy atom. The first-order valence-electron chi connectivity index (χ1n) is 9.90. The van der Waals surface area contributed by atoms with Crippen LogP contribution in [0.15, 0.2) is 36.7 Å². The van der Waals surface area contributed by atoms with E-state index >= 15 is 0 Å². The summed E-state index contributed by atoms with van der Waals surface area (Å²) in [5, 5.41) is 7.31. The number of fused-ring (bicyclic) bond motifs is 2. The average molecular weight is 407 g/mol. The first kappa shape index (κ1) is 18.4. The van der Waals surface area contributed by atoms with Gasteiger partial charge in [0.1, 0.15) is 5.56 Å². The largest absolute Gasteiger partial charge is 0.454 e. The molecule has 0 saturated carbocycles. The quantitative estimate of drug-likeness (QED) is 0.715. The number of rotatable bonds is 3. The van der Waals surface area contributed by atoms with Gasteiger partial charge in [-0.3, -0.25) is 9.59 Å². The number of likely N-dealkylation sites (tertiary alicyclic amines) is 1. The monoisotopic (exact) mass is 407 g/mol. The van der Waals surface area contributed by atoms with Gasteiger partial charge in [-0.2, -0.15) is 5.10 Å². The summed E-state index contributed by atoms with van der Waals surface area (Å²) in [6.45, 7) is 3.04. The number of carbonyl (C=O) groups excluding carboxylic acids is 2. The van der Waals surface area contributed by atoms with Crippen LogP contribution in [0.25, 0.3) is 5.65 Å². The van der Waals surface area contributed by atoms with Gasteiger partial charge < -0.3 is 19.7 Å². The van der Waals surface area contributed by atoms with Crippen LogP contribution >= 0.6 is 0 Å². The Hall–Kier alpha value is -3.62. The molecule has 9 heteroatoms. The predicted octanol–water partition coefficient (Wildman–Crippen LogP) is 2.26. The number of nitrogens with zero attached hydrogens (tertiary/aromatic N) is 4. The van der Waals surface area contributed by atoms with Crippen LogP contribution in [0.2, 0.25) is 0 Å². The molecular formula is C21H21N5O4. The zero-order chi connectivity index (χ0) is 20.7. The fraction of sp³-hybridized carbons (Fsp3) is 0.333. The van der Waals surface area contributed by atoms with Gasteiger partial charge in [0, 0.05) is 43.2 Å². The Morgan fingerprint density at radius 2 is 1.97 bits per heavy atom. The maximum absolute atomic E-state index is 13.1. The van der Waals surface area contributed by atoms with Gasteiger partial charge in [0.15, 0.2) is 17.1 Å². The molecule has 0 unspecified atom stereocenters. The molecule has 9 nitrogen and oxygen atoms in total. The highest BCUT2D eigenvalue weighted by Crippen LogP contribution is 2.34. The molecule has 1 saturated heterocycles. The summed E-state index contributed by atoms with van der Waals surface area (Å²) in [7, 11) is 0. The zero-order valence-electron chi connectivity index (χ0n) is 16.5. The Kier molecular flexibility index (Phi) is 4.50. The van der Waals surface area contributed by atoms with Crippen molar-refractivity contribution in [1.82, 2.24) is 19.5 Å². The van der Waals surface area contributed by atoms with E-state index in [1.54, 1.807) is 46.1 Å². The minimum Gasteiger partial charge on any atom is -0.454 e. The van der Waals surface area contributed by atoms with Gasteiger partial charge in [0.2, 0.25) is 12.7 Å². The number of ether oxygens (including phenoxy) is 2. The molecule has 1 fully saturated rings. The lowest BCUT2D eigenvalue weighted by atomic mass is 9.95. The molecule has 0 radical (unpaired) electrons. The van der Waals surface area contributed by atoms with E-state index in [1.165, 1.54) is 0 Å². The van der Waals surface area contributed by atoms with Crippen molar-refractivity contribution in [2.24, 2.45) is 5.92 Å². The smallest absolute Gasteiger partial charge is 0.259 e. The second-order valence-corrected chi connectivity index (χ2v) is 7.47. The molecule has 0 bridgehead atoms. The number of piperidine rings is 1. The van der Waals surface area contributed by atoms with Crippen LogP contribution < -0.4 is 14.8 Å². The van der Waals surface area contributed by atoms with E-state index in [1.807, 2.05) is 6.92 Å². The van der Waals surface area contributed by atoms with Gasteiger partial charge in [-0.25, -0.2) is 9.50 Å². The number of nitrogens with one attached hydrogen (secondary N) is 1. The topological polar surface area (TPSA) is 98.1 Å². The van der Waals surface area contributed by atoms with Crippen molar-refractivity contribution in [2.75, 3.05) is 25.2 Å². The van der Waals surface area contributed by atoms with E-state index < -0.39 is 0 Å². The Bertz CT molecular complexity index is 1130. The molecule has 1 N–H and O–H groups in total. The van der Waals surface area contributed by atoms with E-state index in [9.17, 15) is 9.59 Å². The molecule has 0 spiro atoms. The summed E-state index contributed by atoms with van der Waals surface area (Å²) in [5.41, 5.74) is 2.42. The number of hydrogen-bond donors (Lipinski definition) is 1. The molecule has 30 heavy (non-hydrogen) atoms. The molecule has 0 aliphatic carbocycles. The van der Waals surface area contributed by atoms with Crippen molar-refractivity contribution in [2.45, 2.75) is 19.8 Å². The van der Waals surface area contributed by atoms with Gasteiger partial charge >= 0.3 is 0 Å². The summed E-state index contributed by atoms with van der Waals surface area (Å²) < 4.78 is 12.3. The van der Waals surface area contributed by atoms with Gasteiger partial charge in [-0.05, 0) is 38.0 Å². The van der Waals surface area contributed by atoms with Crippen molar-refractivity contribution in [3.63, 3.8) is 0 Å². The molecule has 2 aliphatic rings. The van der Waals surface area contributed by atoms with E-state index in [0.29, 0.717) is 60.0 Å². The second kappa shape index (κ2) is 7.33. The van der Waals surface area contributed by atoms with Crippen molar-refractivity contribution in [3.05, 3.63) is 47.9 Å². The molecule has 1 aromatic carbocycles. The van der Waals surface area contributed by atoms with E-state index in [-0.39, 0.29) is 24.5 Å². The Morgan fingerprint density at radius 1 is 1.17 bits per heavy atom. The van der Waals surface area contributed by atoms with Gasteiger partial charge in [-0.15, -0.1) is 0 Å². The van der Waals surface area contributed by atoms with Gasteiger partial charge in [0.25, 0.3) is 5.91 Å². The van der Waals surface area contributed by atoms with Crippen LogP contribution in [-0.2, 0) is 4.79 Å². The minimum absolute atomic E-state index is 0.0465. The summed E-state index contributed by atoms with van der Waals surface area (Å²) in [5.74, 6) is 1.02. The molecule has 154 valence electrons. The van der Waals surface area contributed by atoms with Crippen LogP contribution in [0, 0.1) is 12.8 Å². The molecule has 2 aromatic heterocycles. The molecule has 2 aliphatic heterocycles. The third-order valence-electron chi connectivity index (χ3n) is 5.58. The third kappa shape index (κ3) is 3.22. The van der Waals surface area contributed by atoms with Crippen LogP contribution in [0.5, 0.6) is 11.5 Å². The SMILES string of the molecule is Cc1nn2cccnc2c1C(=O)N1CCC(C(=O)Nc2ccc3c(c2)OCO3)CC1. The number of amides is 2. The fourth-order valence-electron chi connectivity index (χ4n) is 3.97. The summed E-state index contributed by atoms with van der Waals surface area (Å²) >= 11 is 0. The first-order chi connectivity index (χ1) is 14.6. The van der Waals surface area contributed by atoms with Crippen LogP contribution in [0.1, 0.15) is 28.9 Å². The number of anilines is 1. The van der Waals surface area contributed by atoms with Crippen LogP contribution in [0.3, 0.4) is 0 Å². The maximum atomic E-state index is 13.1. The number of hydrogen-bond acceptors (Lipinski definition) is 6. The van der Waals surface area contributed by atoms with Crippen LogP contribution in [0.4, 0.5) is 5.69 Å². The average Bonchev–Trinajstić information content (AvgIpc) is 3.36. The zero-order valence-corrected chi connectivity index (χ0v) is 16.5. The molecule has 3 aromatic rings. The molecule has 2 amide bonds. The molecular weight excluding hydrogens is 386 g/mol. The third-order valence-corrected chi connectivity index (χ3v) is 5.58.